The lowest BCUT2D eigenvalue weighted by Gasteiger charge is -2.49. The Morgan fingerprint density at radius 2 is 1.94 bits per heavy atom. The fourth-order valence-corrected chi connectivity index (χ4v) is 3.91. The lowest BCUT2D eigenvalue weighted by Crippen LogP contribution is -2.59. The van der Waals surface area contributed by atoms with Crippen LogP contribution in [-0.2, 0) is 4.74 Å². The highest BCUT2D eigenvalue weighted by molar-refractivity contribution is 4.94. The Morgan fingerprint density at radius 1 is 1.22 bits per heavy atom. The SMILES string of the molecule is CC1(C2CCN(C3CCNCC3N)CC2)COC1. The molecule has 104 valence electrons. The number of piperidine rings is 2. The summed E-state index contributed by atoms with van der Waals surface area (Å²) < 4.78 is 5.41. The van der Waals surface area contributed by atoms with E-state index in [1.807, 2.05) is 0 Å². The van der Waals surface area contributed by atoms with Crippen LogP contribution in [0.2, 0.25) is 0 Å². The van der Waals surface area contributed by atoms with Crippen molar-refractivity contribution in [2.24, 2.45) is 17.1 Å². The molecule has 0 radical (unpaired) electrons. The zero-order chi connectivity index (χ0) is 12.6. The molecule has 4 nitrogen and oxygen atoms in total. The largest absolute Gasteiger partial charge is 0.380 e. The number of nitrogens with zero attached hydrogens (tertiary/aromatic N) is 1. The molecule has 2 unspecified atom stereocenters. The van der Waals surface area contributed by atoms with Gasteiger partial charge in [-0.15, -0.1) is 0 Å². The number of likely N-dealkylation sites (tertiary alicyclic amines) is 1. The van der Waals surface area contributed by atoms with E-state index in [0.717, 1.165) is 32.2 Å². The monoisotopic (exact) mass is 253 g/mol. The number of nitrogens with one attached hydrogen (secondary N) is 1. The highest BCUT2D eigenvalue weighted by atomic mass is 16.5. The van der Waals surface area contributed by atoms with Crippen molar-refractivity contribution in [1.82, 2.24) is 10.2 Å². The fraction of sp³-hybridized carbons (Fsp3) is 1.00. The van der Waals surface area contributed by atoms with E-state index >= 15 is 0 Å². The lowest BCUT2D eigenvalue weighted by molar-refractivity contribution is -0.145. The van der Waals surface area contributed by atoms with E-state index in [0.29, 0.717) is 17.5 Å². The summed E-state index contributed by atoms with van der Waals surface area (Å²) >= 11 is 0. The average molecular weight is 253 g/mol. The molecule has 18 heavy (non-hydrogen) atoms. The third kappa shape index (κ3) is 2.31. The third-order valence-corrected chi connectivity index (χ3v) is 5.34. The Balaban J connectivity index is 1.53. The molecule has 0 aromatic heterocycles. The average Bonchev–Trinajstić information content (AvgIpc) is 2.37. The summed E-state index contributed by atoms with van der Waals surface area (Å²) in [6, 6.07) is 0.926. The Kier molecular flexibility index (Phi) is 3.63. The molecule has 0 spiro atoms. The van der Waals surface area contributed by atoms with Gasteiger partial charge in [0, 0.05) is 24.0 Å². The molecule has 2 atom stereocenters. The van der Waals surface area contributed by atoms with Crippen molar-refractivity contribution in [3.8, 4) is 0 Å². The van der Waals surface area contributed by atoms with Crippen LogP contribution in [0, 0.1) is 11.3 Å². The summed E-state index contributed by atoms with van der Waals surface area (Å²) in [7, 11) is 0. The van der Waals surface area contributed by atoms with Gasteiger partial charge in [-0.25, -0.2) is 0 Å². The van der Waals surface area contributed by atoms with Crippen LogP contribution in [0.3, 0.4) is 0 Å². The van der Waals surface area contributed by atoms with E-state index in [-0.39, 0.29) is 0 Å². The standard InChI is InChI=1S/C14H27N3O/c1-14(9-18-10-14)11-3-6-17(7-4-11)13-2-5-16-8-12(13)15/h11-13,16H,2-10,15H2,1H3. The minimum atomic E-state index is 0.318. The molecule has 3 N–H and O–H groups in total. The van der Waals surface area contributed by atoms with Gasteiger partial charge in [0.2, 0.25) is 0 Å². The maximum Gasteiger partial charge on any atom is 0.0544 e. The smallest absolute Gasteiger partial charge is 0.0544 e. The number of ether oxygens (including phenoxy) is 1. The second-order valence-electron chi connectivity index (χ2n) is 6.68. The number of nitrogens with two attached hydrogens (primary N) is 1. The first-order chi connectivity index (χ1) is 8.69. The van der Waals surface area contributed by atoms with Crippen LogP contribution < -0.4 is 11.1 Å². The van der Waals surface area contributed by atoms with Crippen molar-refractivity contribution in [2.45, 2.75) is 38.3 Å². The summed E-state index contributed by atoms with van der Waals surface area (Å²) in [5.74, 6) is 0.862. The predicted octanol–water partition coefficient (Wildman–Crippen LogP) is 0.424. The van der Waals surface area contributed by atoms with Crippen molar-refractivity contribution < 1.29 is 4.74 Å². The maximum absolute atomic E-state index is 6.24. The molecule has 0 bridgehead atoms. The van der Waals surface area contributed by atoms with Crippen molar-refractivity contribution in [3.63, 3.8) is 0 Å². The van der Waals surface area contributed by atoms with Gasteiger partial charge < -0.3 is 15.8 Å². The van der Waals surface area contributed by atoms with Crippen LogP contribution >= 0.6 is 0 Å². The van der Waals surface area contributed by atoms with Crippen LogP contribution in [0.5, 0.6) is 0 Å². The molecule has 3 saturated heterocycles. The molecular formula is C14H27N3O. The minimum absolute atomic E-state index is 0.318. The lowest BCUT2D eigenvalue weighted by atomic mass is 9.70. The molecule has 4 heteroatoms. The fourth-order valence-electron chi connectivity index (χ4n) is 3.91. The van der Waals surface area contributed by atoms with Gasteiger partial charge >= 0.3 is 0 Å². The molecule has 3 rings (SSSR count). The van der Waals surface area contributed by atoms with Gasteiger partial charge in [0.15, 0.2) is 0 Å². The molecule has 3 fully saturated rings. The molecule has 0 saturated carbocycles. The molecule has 0 aliphatic carbocycles. The topological polar surface area (TPSA) is 50.5 Å². The molecule has 3 aliphatic heterocycles. The Bertz CT molecular complexity index is 285. The summed E-state index contributed by atoms with van der Waals surface area (Å²) in [4.78, 5) is 2.64. The van der Waals surface area contributed by atoms with Crippen LogP contribution in [0.15, 0.2) is 0 Å². The van der Waals surface area contributed by atoms with Crippen LogP contribution in [0.4, 0.5) is 0 Å². The quantitative estimate of drug-likeness (QED) is 0.749. The normalized spacial score (nSPS) is 38.3. The minimum Gasteiger partial charge on any atom is -0.380 e. The van der Waals surface area contributed by atoms with Crippen molar-refractivity contribution in [3.05, 3.63) is 0 Å². The van der Waals surface area contributed by atoms with E-state index in [1.165, 1.54) is 32.4 Å². The molecule has 0 aromatic carbocycles. The van der Waals surface area contributed by atoms with Crippen molar-refractivity contribution in [1.29, 1.82) is 0 Å². The third-order valence-electron chi connectivity index (χ3n) is 5.34. The zero-order valence-electron chi connectivity index (χ0n) is 11.5. The summed E-state index contributed by atoms with van der Waals surface area (Å²) in [6.07, 6.45) is 3.87. The molecule has 3 heterocycles. The van der Waals surface area contributed by atoms with E-state index in [9.17, 15) is 0 Å². The molecule has 3 aliphatic rings. The highest BCUT2D eigenvalue weighted by Crippen LogP contribution is 2.41. The van der Waals surface area contributed by atoms with E-state index in [4.69, 9.17) is 10.5 Å². The molecule has 0 amide bonds. The van der Waals surface area contributed by atoms with Gasteiger partial charge in [0.05, 0.1) is 13.2 Å². The first kappa shape index (κ1) is 12.9. The van der Waals surface area contributed by atoms with Gasteiger partial charge in [0.1, 0.15) is 0 Å². The molecule has 0 aromatic rings. The second kappa shape index (κ2) is 5.08. The van der Waals surface area contributed by atoms with Crippen molar-refractivity contribution >= 4 is 0 Å². The van der Waals surface area contributed by atoms with E-state index in [2.05, 4.69) is 17.1 Å². The van der Waals surface area contributed by atoms with Gasteiger partial charge in [-0.3, -0.25) is 4.90 Å². The van der Waals surface area contributed by atoms with Gasteiger partial charge in [0.25, 0.3) is 0 Å². The summed E-state index contributed by atoms with van der Waals surface area (Å²) in [5, 5.41) is 3.39. The second-order valence-corrected chi connectivity index (χ2v) is 6.68. The van der Waals surface area contributed by atoms with Gasteiger partial charge in [-0.05, 0) is 44.8 Å². The zero-order valence-corrected chi connectivity index (χ0v) is 11.5. The van der Waals surface area contributed by atoms with Gasteiger partial charge in [-0.1, -0.05) is 6.92 Å². The van der Waals surface area contributed by atoms with E-state index < -0.39 is 0 Å². The van der Waals surface area contributed by atoms with Crippen LogP contribution in [0.1, 0.15) is 26.2 Å². The van der Waals surface area contributed by atoms with E-state index in [1.54, 1.807) is 0 Å². The number of rotatable bonds is 2. The number of hydrogen-bond acceptors (Lipinski definition) is 4. The van der Waals surface area contributed by atoms with Crippen LogP contribution in [-0.4, -0.2) is 56.4 Å². The summed E-state index contributed by atoms with van der Waals surface area (Å²) in [5.41, 5.74) is 6.72. The first-order valence-electron chi connectivity index (χ1n) is 7.47. The maximum atomic E-state index is 6.24. The highest BCUT2D eigenvalue weighted by Gasteiger charge is 2.43. The predicted molar refractivity (Wildman–Crippen MR) is 72.5 cm³/mol. The number of hydrogen-bond donors (Lipinski definition) is 2. The Hall–Kier alpha value is -0.160. The Morgan fingerprint density at radius 3 is 2.50 bits per heavy atom. The first-order valence-corrected chi connectivity index (χ1v) is 7.47. The van der Waals surface area contributed by atoms with Crippen LogP contribution in [0.25, 0.3) is 0 Å². The van der Waals surface area contributed by atoms with Gasteiger partial charge in [-0.2, -0.15) is 0 Å². The molecular weight excluding hydrogens is 226 g/mol. The summed E-state index contributed by atoms with van der Waals surface area (Å²) in [6.45, 7) is 8.93. The Labute approximate surface area is 110 Å². The van der Waals surface area contributed by atoms with Crippen molar-refractivity contribution in [2.75, 3.05) is 39.4 Å².